The van der Waals surface area contributed by atoms with E-state index in [1.807, 2.05) is 29.6 Å². The van der Waals surface area contributed by atoms with E-state index >= 15 is 0 Å². The predicted octanol–water partition coefficient (Wildman–Crippen LogP) is 2.00. The van der Waals surface area contributed by atoms with Gasteiger partial charge in [-0.3, -0.25) is 9.59 Å². The van der Waals surface area contributed by atoms with E-state index in [0.717, 1.165) is 12.0 Å². The number of rotatable bonds is 5. The molecule has 0 saturated heterocycles. The van der Waals surface area contributed by atoms with Crippen LogP contribution in [0.2, 0.25) is 0 Å². The van der Waals surface area contributed by atoms with Crippen LogP contribution in [0.25, 0.3) is 0 Å². The molecule has 0 radical (unpaired) electrons. The summed E-state index contributed by atoms with van der Waals surface area (Å²) in [6.45, 7) is 0.692. The molecule has 1 N–H and O–H groups in total. The minimum atomic E-state index is -0.0879. The van der Waals surface area contributed by atoms with Crippen LogP contribution in [0.15, 0.2) is 35.7 Å². The molecular weight excluding hydrogens is 312 g/mol. The summed E-state index contributed by atoms with van der Waals surface area (Å²) in [6.07, 6.45) is 1.14. The minimum absolute atomic E-state index is 0.0211. The maximum atomic E-state index is 12.0. The smallest absolute Gasteiger partial charge is 0.264 e. The number of ether oxygens (including phenoxy) is 1. The summed E-state index contributed by atoms with van der Waals surface area (Å²) in [5, 5.41) is 4.96. The molecule has 0 atom stereocenters. The Morgan fingerprint density at radius 3 is 3.04 bits per heavy atom. The van der Waals surface area contributed by atoms with E-state index in [1.165, 1.54) is 4.88 Å². The zero-order chi connectivity index (χ0) is 16.2. The van der Waals surface area contributed by atoms with Crippen LogP contribution in [0.1, 0.15) is 10.4 Å². The second-order valence-corrected chi connectivity index (χ2v) is 6.43. The summed E-state index contributed by atoms with van der Waals surface area (Å²) >= 11 is 1.69. The molecule has 2 aromatic rings. The summed E-state index contributed by atoms with van der Waals surface area (Å²) in [4.78, 5) is 26.5. The van der Waals surface area contributed by atoms with Crippen LogP contribution in [0.3, 0.4) is 0 Å². The highest BCUT2D eigenvalue weighted by molar-refractivity contribution is 7.09. The van der Waals surface area contributed by atoms with Gasteiger partial charge in [0.15, 0.2) is 6.61 Å². The number of thiophene rings is 1. The maximum Gasteiger partial charge on any atom is 0.264 e. The van der Waals surface area contributed by atoms with Crippen molar-refractivity contribution >= 4 is 28.8 Å². The number of benzene rings is 1. The van der Waals surface area contributed by atoms with Gasteiger partial charge >= 0.3 is 0 Å². The molecule has 1 aromatic heterocycles. The number of carbonyl (C=O) groups is 2. The van der Waals surface area contributed by atoms with Gasteiger partial charge in [0.1, 0.15) is 5.75 Å². The number of hydrogen-bond donors (Lipinski definition) is 1. The molecule has 2 heterocycles. The molecule has 23 heavy (non-hydrogen) atoms. The fourth-order valence-corrected chi connectivity index (χ4v) is 3.16. The molecule has 1 aliphatic heterocycles. The Balaban J connectivity index is 1.57. The van der Waals surface area contributed by atoms with Crippen LogP contribution in [-0.4, -0.2) is 32.0 Å². The van der Waals surface area contributed by atoms with Crippen LogP contribution < -0.4 is 15.0 Å². The van der Waals surface area contributed by atoms with Gasteiger partial charge in [0.05, 0.1) is 12.1 Å². The zero-order valence-electron chi connectivity index (χ0n) is 12.9. The second-order valence-electron chi connectivity index (χ2n) is 5.40. The Bertz CT molecular complexity index is 713. The number of nitrogens with zero attached hydrogens (tertiary/aromatic N) is 1. The third-order valence-corrected chi connectivity index (χ3v) is 4.68. The molecule has 2 amide bonds. The van der Waals surface area contributed by atoms with Crippen LogP contribution in [0.5, 0.6) is 5.75 Å². The number of likely N-dealkylation sites (N-methyl/N-ethyl adjacent to an activating group) is 1. The van der Waals surface area contributed by atoms with Crippen LogP contribution in [-0.2, 0) is 22.4 Å². The molecule has 120 valence electrons. The minimum Gasteiger partial charge on any atom is -0.482 e. The fourth-order valence-electron chi connectivity index (χ4n) is 2.46. The van der Waals surface area contributed by atoms with Crippen molar-refractivity contribution < 1.29 is 14.3 Å². The second kappa shape index (κ2) is 6.83. The van der Waals surface area contributed by atoms with Gasteiger partial charge in [-0.2, -0.15) is 0 Å². The maximum absolute atomic E-state index is 12.0. The molecule has 0 bridgehead atoms. The highest BCUT2D eigenvalue weighted by Crippen LogP contribution is 2.32. The van der Waals surface area contributed by atoms with Crippen molar-refractivity contribution in [3.05, 3.63) is 46.2 Å². The SMILES string of the molecule is CN1C(=O)COc2ccc(CC(=O)NCCc3cccs3)cc21. The Kier molecular flexibility index (Phi) is 4.62. The third-order valence-electron chi connectivity index (χ3n) is 3.75. The fraction of sp³-hybridized carbons (Fsp3) is 0.294. The topological polar surface area (TPSA) is 58.6 Å². The lowest BCUT2D eigenvalue weighted by Gasteiger charge is -2.26. The molecule has 0 saturated carbocycles. The number of anilines is 1. The molecule has 0 spiro atoms. The van der Waals surface area contributed by atoms with E-state index in [9.17, 15) is 9.59 Å². The van der Waals surface area contributed by atoms with E-state index in [1.54, 1.807) is 23.3 Å². The monoisotopic (exact) mass is 330 g/mol. The molecule has 6 heteroatoms. The van der Waals surface area contributed by atoms with E-state index in [4.69, 9.17) is 4.74 Å². The Labute approximate surface area is 138 Å². The van der Waals surface area contributed by atoms with Crippen LogP contribution in [0, 0.1) is 0 Å². The normalized spacial score (nSPS) is 13.4. The molecule has 1 aromatic carbocycles. The lowest BCUT2D eigenvalue weighted by atomic mass is 10.1. The standard InChI is InChI=1S/C17H18N2O3S/c1-19-14-9-12(4-5-15(14)22-11-17(19)21)10-16(20)18-7-6-13-3-2-8-23-13/h2-5,8-9H,6-7,10-11H2,1H3,(H,18,20). The summed E-state index contributed by atoms with van der Waals surface area (Å²) in [6, 6.07) is 9.58. The molecule has 3 rings (SSSR count). The first-order valence-corrected chi connectivity index (χ1v) is 8.33. The van der Waals surface area contributed by atoms with Crippen molar-refractivity contribution in [3.63, 3.8) is 0 Å². The van der Waals surface area contributed by atoms with E-state index in [2.05, 4.69) is 11.4 Å². The largest absolute Gasteiger partial charge is 0.482 e. The first-order chi connectivity index (χ1) is 11.1. The quantitative estimate of drug-likeness (QED) is 0.912. The van der Waals surface area contributed by atoms with Crippen LogP contribution >= 0.6 is 11.3 Å². The van der Waals surface area contributed by atoms with E-state index in [0.29, 0.717) is 24.4 Å². The van der Waals surface area contributed by atoms with Gasteiger partial charge in [-0.25, -0.2) is 0 Å². The number of nitrogens with one attached hydrogen (secondary N) is 1. The van der Waals surface area contributed by atoms with Gasteiger partial charge in [-0.1, -0.05) is 12.1 Å². The van der Waals surface area contributed by atoms with Gasteiger partial charge in [0, 0.05) is 18.5 Å². The van der Waals surface area contributed by atoms with Gasteiger partial charge in [-0.15, -0.1) is 11.3 Å². The van der Waals surface area contributed by atoms with Crippen LogP contribution in [0.4, 0.5) is 5.69 Å². The Morgan fingerprint density at radius 2 is 2.26 bits per heavy atom. The number of hydrogen-bond acceptors (Lipinski definition) is 4. The highest BCUT2D eigenvalue weighted by Gasteiger charge is 2.22. The molecule has 0 fully saturated rings. The lowest BCUT2D eigenvalue weighted by molar-refractivity contribution is -0.121. The van der Waals surface area contributed by atoms with Crippen molar-refractivity contribution in [1.82, 2.24) is 5.32 Å². The lowest BCUT2D eigenvalue weighted by Crippen LogP contribution is -2.35. The molecule has 0 aliphatic carbocycles. The zero-order valence-corrected chi connectivity index (χ0v) is 13.7. The van der Waals surface area contributed by atoms with Crippen molar-refractivity contribution in [2.45, 2.75) is 12.8 Å². The van der Waals surface area contributed by atoms with E-state index in [-0.39, 0.29) is 18.4 Å². The average Bonchev–Trinajstić information content (AvgIpc) is 3.05. The Morgan fingerprint density at radius 1 is 1.39 bits per heavy atom. The van der Waals surface area contributed by atoms with Crippen molar-refractivity contribution in [3.8, 4) is 5.75 Å². The first kappa shape index (κ1) is 15.6. The van der Waals surface area contributed by atoms with Crippen molar-refractivity contribution in [2.24, 2.45) is 0 Å². The number of fused-ring (bicyclic) bond motifs is 1. The molecule has 0 unspecified atom stereocenters. The number of amides is 2. The molecule has 5 nitrogen and oxygen atoms in total. The number of carbonyl (C=O) groups excluding carboxylic acids is 2. The summed E-state index contributed by atoms with van der Waals surface area (Å²) in [7, 11) is 1.72. The summed E-state index contributed by atoms with van der Waals surface area (Å²) in [5.74, 6) is 0.566. The molecule has 1 aliphatic rings. The van der Waals surface area contributed by atoms with Gasteiger partial charge < -0.3 is 15.0 Å². The Hall–Kier alpha value is -2.34. The predicted molar refractivity (Wildman–Crippen MR) is 90.1 cm³/mol. The van der Waals surface area contributed by atoms with Crippen molar-refractivity contribution in [1.29, 1.82) is 0 Å². The van der Waals surface area contributed by atoms with Gasteiger partial charge in [-0.05, 0) is 35.6 Å². The summed E-state index contributed by atoms with van der Waals surface area (Å²) in [5.41, 5.74) is 1.58. The molecular formula is C17H18N2O3S. The van der Waals surface area contributed by atoms with Gasteiger partial charge in [0.25, 0.3) is 5.91 Å². The van der Waals surface area contributed by atoms with Gasteiger partial charge in [0.2, 0.25) is 5.91 Å². The van der Waals surface area contributed by atoms with E-state index < -0.39 is 0 Å². The first-order valence-electron chi connectivity index (χ1n) is 7.45. The average molecular weight is 330 g/mol. The van der Waals surface area contributed by atoms with Crippen molar-refractivity contribution in [2.75, 3.05) is 25.1 Å². The highest BCUT2D eigenvalue weighted by atomic mass is 32.1. The summed E-state index contributed by atoms with van der Waals surface area (Å²) < 4.78 is 5.38. The third kappa shape index (κ3) is 3.71.